The summed E-state index contributed by atoms with van der Waals surface area (Å²) in [5, 5.41) is 2.98. The number of carbonyl (C=O) groups is 1. The van der Waals surface area contributed by atoms with Crippen LogP contribution in [0.15, 0.2) is 35.2 Å². The van der Waals surface area contributed by atoms with Gasteiger partial charge in [0, 0.05) is 25.6 Å². The molecule has 0 saturated carbocycles. The van der Waals surface area contributed by atoms with Crippen LogP contribution in [0.1, 0.15) is 35.1 Å². The highest BCUT2D eigenvalue weighted by molar-refractivity contribution is 7.89. The zero-order valence-corrected chi connectivity index (χ0v) is 19.6. The van der Waals surface area contributed by atoms with Gasteiger partial charge in [-0.25, -0.2) is 8.42 Å². The third-order valence-electron chi connectivity index (χ3n) is 6.10. The first-order valence-corrected chi connectivity index (χ1v) is 12.4. The van der Waals surface area contributed by atoms with Gasteiger partial charge >= 0.3 is 0 Å². The molecule has 1 amide bonds. The molecule has 7 nitrogen and oxygen atoms in total. The van der Waals surface area contributed by atoms with Gasteiger partial charge < -0.3 is 14.8 Å². The minimum absolute atomic E-state index is 0.0420. The second-order valence-corrected chi connectivity index (χ2v) is 10.5. The van der Waals surface area contributed by atoms with Gasteiger partial charge in [-0.05, 0) is 62.4 Å². The van der Waals surface area contributed by atoms with Crippen LogP contribution in [0.3, 0.4) is 0 Å². The van der Waals surface area contributed by atoms with Gasteiger partial charge in [0.2, 0.25) is 15.9 Å². The summed E-state index contributed by atoms with van der Waals surface area (Å²) in [6.45, 7) is 7.79. The second kappa shape index (κ2) is 9.11. The van der Waals surface area contributed by atoms with E-state index in [0.29, 0.717) is 56.3 Å². The highest BCUT2D eigenvalue weighted by Gasteiger charge is 2.33. The molecule has 0 aliphatic carbocycles. The first kappa shape index (κ1) is 22.6. The maximum Gasteiger partial charge on any atom is 0.243 e. The van der Waals surface area contributed by atoms with E-state index < -0.39 is 10.0 Å². The Labute approximate surface area is 189 Å². The molecule has 32 heavy (non-hydrogen) atoms. The van der Waals surface area contributed by atoms with E-state index in [9.17, 15) is 13.2 Å². The standard InChI is InChI=1S/C24H30N2O5S/c1-16-12-17(2)23(18(3)13-16)32(28,29)26-8-6-20(7-9-26)24(27)25-15-19-4-5-21-22(14-19)31-11-10-30-21/h4-5,12-14,20H,6-11,15H2,1-3H3,(H,25,27). The van der Waals surface area contributed by atoms with E-state index in [1.165, 1.54) is 4.31 Å². The molecule has 0 bridgehead atoms. The summed E-state index contributed by atoms with van der Waals surface area (Å²) in [4.78, 5) is 13.1. The number of sulfonamides is 1. The Kier molecular flexibility index (Phi) is 6.44. The van der Waals surface area contributed by atoms with E-state index in [1.807, 2.05) is 51.1 Å². The molecule has 2 aliphatic heterocycles. The first-order valence-electron chi connectivity index (χ1n) is 11.0. The van der Waals surface area contributed by atoms with Crippen molar-refractivity contribution in [3.05, 3.63) is 52.6 Å². The molecule has 4 rings (SSSR count). The van der Waals surface area contributed by atoms with Crippen LogP contribution in [-0.4, -0.2) is 44.9 Å². The fourth-order valence-electron chi connectivity index (χ4n) is 4.59. The van der Waals surface area contributed by atoms with Crippen LogP contribution < -0.4 is 14.8 Å². The maximum atomic E-state index is 13.2. The minimum Gasteiger partial charge on any atom is -0.486 e. The molecule has 2 aromatic carbocycles. The van der Waals surface area contributed by atoms with Crippen LogP contribution >= 0.6 is 0 Å². The Hall–Kier alpha value is -2.58. The third-order valence-corrected chi connectivity index (χ3v) is 8.31. The number of ether oxygens (including phenoxy) is 2. The van der Waals surface area contributed by atoms with Gasteiger partial charge in [0.1, 0.15) is 13.2 Å². The molecule has 2 aromatic rings. The highest BCUT2D eigenvalue weighted by Crippen LogP contribution is 2.31. The largest absolute Gasteiger partial charge is 0.486 e. The van der Waals surface area contributed by atoms with Crippen LogP contribution in [0.25, 0.3) is 0 Å². The zero-order chi connectivity index (χ0) is 22.9. The van der Waals surface area contributed by atoms with Crippen molar-refractivity contribution in [2.24, 2.45) is 5.92 Å². The lowest BCUT2D eigenvalue weighted by Gasteiger charge is -2.31. The summed E-state index contributed by atoms with van der Waals surface area (Å²) in [5.41, 5.74) is 3.52. The molecule has 1 fully saturated rings. The third kappa shape index (κ3) is 4.61. The lowest BCUT2D eigenvalue weighted by atomic mass is 9.97. The Morgan fingerprint density at radius 3 is 2.28 bits per heavy atom. The monoisotopic (exact) mass is 458 g/mol. The average Bonchev–Trinajstić information content (AvgIpc) is 2.76. The highest BCUT2D eigenvalue weighted by atomic mass is 32.2. The summed E-state index contributed by atoms with van der Waals surface area (Å²) in [6, 6.07) is 9.45. The summed E-state index contributed by atoms with van der Waals surface area (Å²) in [7, 11) is -3.58. The molecule has 8 heteroatoms. The Morgan fingerprint density at radius 1 is 1.00 bits per heavy atom. The smallest absolute Gasteiger partial charge is 0.243 e. The molecule has 1 N–H and O–H groups in total. The zero-order valence-electron chi connectivity index (χ0n) is 18.8. The van der Waals surface area contributed by atoms with Crippen LogP contribution in [0.5, 0.6) is 11.5 Å². The SMILES string of the molecule is Cc1cc(C)c(S(=O)(=O)N2CCC(C(=O)NCc3ccc4c(c3)OCCO4)CC2)c(C)c1. The molecular weight excluding hydrogens is 428 g/mol. The number of fused-ring (bicyclic) bond motifs is 1. The summed E-state index contributed by atoms with van der Waals surface area (Å²) >= 11 is 0. The predicted octanol–water partition coefficient (Wildman–Crippen LogP) is 3.10. The minimum atomic E-state index is -3.58. The average molecular weight is 459 g/mol. The van der Waals surface area contributed by atoms with Crippen molar-refractivity contribution in [2.45, 2.75) is 45.1 Å². The van der Waals surface area contributed by atoms with Crippen molar-refractivity contribution in [1.29, 1.82) is 0 Å². The number of carbonyl (C=O) groups excluding carboxylic acids is 1. The summed E-state index contributed by atoms with van der Waals surface area (Å²) in [6.07, 6.45) is 1.02. The van der Waals surface area contributed by atoms with Crippen LogP contribution in [0.2, 0.25) is 0 Å². The fraction of sp³-hybridized carbons (Fsp3) is 0.458. The maximum absolute atomic E-state index is 13.2. The summed E-state index contributed by atoms with van der Waals surface area (Å²) in [5.74, 6) is 1.18. The van der Waals surface area contributed by atoms with E-state index in [-0.39, 0.29) is 11.8 Å². The molecule has 2 heterocycles. The van der Waals surface area contributed by atoms with Gasteiger partial charge in [-0.3, -0.25) is 4.79 Å². The van der Waals surface area contributed by atoms with Crippen LogP contribution in [0.4, 0.5) is 0 Å². The van der Waals surface area contributed by atoms with E-state index in [0.717, 1.165) is 28.0 Å². The van der Waals surface area contributed by atoms with E-state index in [4.69, 9.17) is 9.47 Å². The molecule has 0 radical (unpaired) electrons. The van der Waals surface area contributed by atoms with E-state index in [2.05, 4.69) is 5.32 Å². The molecule has 2 aliphatic rings. The molecular formula is C24H30N2O5S. The normalized spacial score (nSPS) is 17.2. The first-order chi connectivity index (χ1) is 15.3. The van der Waals surface area contributed by atoms with Crippen molar-refractivity contribution >= 4 is 15.9 Å². The van der Waals surface area contributed by atoms with E-state index in [1.54, 1.807) is 0 Å². The van der Waals surface area contributed by atoms with Gasteiger partial charge in [-0.15, -0.1) is 0 Å². The van der Waals surface area contributed by atoms with Gasteiger partial charge in [-0.1, -0.05) is 23.8 Å². The number of benzene rings is 2. The van der Waals surface area contributed by atoms with Crippen LogP contribution in [0, 0.1) is 26.7 Å². The number of amides is 1. The molecule has 0 spiro atoms. The second-order valence-electron chi connectivity index (χ2n) is 8.60. The van der Waals surface area contributed by atoms with Crippen molar-refractivity contribution in [3.8, 4) is 11.5 Å². The fourth-order valence-corrected chi connectivity index (χ4v) is 6.47. The van der Waals surface area contributed by atoms with Gasteiger partial charge in [-0.2, -0.15) is 4.31 Å². The van der Waals surface area contributed by atoms with Crippen molar-refractivity contribution in [1.82, 2.24) is 9.62 Å². The van der Waals surface area contributed by atoms with Crippen LogP contribution in [-0.2, 0) is 21.4 Å². The number of hydrogen-bond acceptors (Lipinski definition) is 5. The number of hydrogen-bond donors (Lipinski definition) is 1. The molecule has 0 aromatic heterocycles. The topological polar surface area (TPSA) is 84.9 Å². The van der Waals surface area contributed by atoms with E-state index >= 15 is 0 Å². The number of nitrogens with zero attached hydrogens (tertiary/aromatic N) is 1. The number of aryl methyl sites for hydroxylation is 3. The number of nitrogens with one attached hydrogen (secondary N) is 1. The quantitative estimate of drug-likeness (QED) is 0.744. The lowest BCUT2D eigenvalue weighted by Crippen LogP contribution is -2.43. The predicted molar refractivity (Wildman–Crippen MR) is 121 cm³/mol. The summed E-state index contributed by atoms with van der Waals surface area (Å²) < 4.78 is 39.1. The molecule has 172 valence electrons. The van der Waals surface area contributed by atoms with Crippen molar-refractivity contribution < 1.29 is 22.7 Å². The van der Waals surface area contributed by atoms with Gasteiger partial charge in [0.25, 0.3) is 0 Å². The molecule has 0 atom stereocenters. The lowest BCUT2D eigenvalue weighted by molar-refractivity contribution is -0.126. The Morgan fingerprint density at radius 2 is 1.62 bits per heavy atom. The number of piperidine rings is 1. The molecule has 0 unspecified atom stereocenters. The van der Waals surface area contributed by atoms with Gasteiger partial charge in [0.15, 0.2) is 11.5 Å². The Balaban J connectivity index is 1.35. The number of rotatable bonds is 5. The van der Waals surface area contributed by atoms with Crippen molar-refractivity contribution in [3.63, 3.8) is 0 Å². The molecule has 1 saturated heterocycles. The van der Waals surface area contributed by atoms with Crippen molar-refractivity contribution in [2.75, 3.05) is 26.3 Å². The van der Waals surface area contributed by atoms with Gasteiger partial charge in [0.05, 0.1) is 4.90 Å². The Bertz CT molecular complexity index is 1100.